The fraction of sp³-hybridized carbons (Fsp3) is 0.400. The maximum Gasteiger partial charge on any atom is 0.228 e. The van der Waals surface area contributed by atoms with Gasteiger partial charge in [0.1, 0.15) is 5.82 Å². The number of piperidine rings is 1. The highest BCUT2D eigenvalue weighted by Gasteiger charge is 2.42. The molecule has 3 aromatic rings. The van der Waals surface area contributed by atoms with Gasteiger partial charge in [-0.05, 0) is 74.2 Å². The van der Waals surface area contributed by atoms with E-state index in [9.17, 15) is 9.18 Å². The van der Waals surface area contributed by atoms with E-state index in [1.165, 1.54) is 39.9 Å². The van der Waals surface area contributed by atoms with Gasteiger partial charge in [-0.3, -0.25) is 9.69 Å². The van der Waals surface area contributed by atoms with E-state index in [0.717, 1.165) is 32.4 Å². The van der Waals surface area contributed by atoms with Gasteiger partial charge in [0.2, 0.25) is 5.91 Å². The Morgan fingerprint density at radius 2 is 2.03 bits per heavy atom. The molecule has 1 fully saturated rings. The first-order valence-electron chi connectivity index (χ1n) is 11.0. The van der Waals surface area contributed by atoms with Crippen LogP contribution in [0.5, 0.6) is 0 Å². The first-order chi connectivity index (χ1) is 14.5. The van der Waals surface area contributed by atoms with Crippen LogP contribution >= 0.6 is 0 Å². The highest BCUT2D eigenvalue weighted by atomic mass is 19.1. The molecule has 0 spiro atoms. The van der Waals surface area contributed by atoms with Crippen molar-refractivity contribution in [3.05, 3.63) is 65.1 Å². The molecule has 5 rings (SSSR count). The highest BCUT2D eigenvalue weighted by Crippen LogP contribution is 2.45. The SMILES string of the molecule is CCCN1C[C@H](C(=O)Nc2ccc(F)cc2)C[C@@H]2c3cccc4[nH]c(C)c(c34)C[C@H]21. The highest BCUT2D eigenvalue weighted by molar-refractivity contribution is 5.93. The molecule has 0 bridgehead atoms. The lowest BCUT2D eigenvalue weighted by Gasteiger charge is -2.46. The number of nitrogens with zero attached hydrogens (tertiary/aromatic N) is 1. The number of benzene rings is 2. The Morgan fingerprint density at radius 1 is 1.23 bits per heavy atom. The largest absolute Gasteiger partial charge is 0.358 e. The summed E-state index contributed by atoms with van der Waals surface area (Å²) >= 11 is 0. The molecule has 0 unspecified atom stereocenters. The van der Waals surface area contributed by atoms with E-state index >= 15 is 0 Å². The molecule has 30 heavy (non-hydrogen) atoms. The first kappa shape index (κ1) is 19.3. The average molecular weight is 406 g/mol. The smallest absolute Gasteiger partial charge is 0.228 e. The van der Waals surface area contributed by atoms with Crippen molar-refractivity contribution in [3.8, 4) is 0 Å². The number of halogens is 1. The Morgan fingerprint density at radius 3 is 2.80 bits per heavy atom. The molecule has 3 atom stereocenters. The third-order valence-electron chi connectivity index (χ3n) is 6.91. The molecule has 156 valence electrons. The van der Waals surface area contributed by atoms with E-state index in [2.05, 4.69) is 47.2 Å². The van der Waals surface area contributed by atoms with Gasteiger partial charge < -0.3 is 10.3 Å². The van der Waals surface area contributed by atoms with Crippen molar-refractivity contribution in [1.82, 2.24) is 9.88 Å². The number of H-pyrrole nitrogens is 1. The van der Waals surface area contributed by atoms with Crippen LogP contribution in [-0.4, -0.2) is 34.9 Å². The van der Waals surface area contributed by atoms with Gasteiger partial charge in [0.25, 0.3) is 0 Å². The van der Waals surface area contributed by atoms with E-state index in [-0.39, 0.29) is 17.6 Å². The van der Waals surface area contributed by atoms with E-state index in [0.29, 0.717) is 17.6 Å². The zero-order chi connectivity index (χ0) is 20.8. The number of carbonyl (C=O) groups excluding carboxylic acids is 1. The lowest BCUT2D eigenvalue weighted by Crippen LogP contribution is -2.52. The molecule has 1 saturated heterocycles. The number of aromatic amines is 1. The maximum atomic E-state index is 13.2. The Hall–Kier alpha value is -2.66. The number of hydrogen-bond donors (Lipinski definition) is 2. The van der Waals surface area contributed by atoms with Gasteiger partial charge >= 0.3 is 0 Å². The van der Waals surface area contributed by atoms with E-state index in [4.69, 9.17) is 0 Å². The van der Waals surface area contributed by atoms with Crippen LogP contribution in [0.15, 0.2) is 42.5 Å². The third kappa shape index (κ3) is 3.21. The second-order valence-electron chi connectivity index (χ2n) is 8.80. The molecule has 5 heteroatoms. The van der Waals surface area contributed by atoms with E-state index in [1.807, 2.05) is 0 Å². The monoisotopic (exact) mass is 405 g/mol. The van der Waals surface area contributed by atoms with E-state index in [1.54, 1.807) is 12.1 Å². The number of hydrogen-bond acceptors (Lipinski definition) is 2. The summed E-state index contributed by atoms with van der Waals surface area (Å²) in [7, 11) is 0. The second-order valence-corrected chi connectivity index (χ2v) is 8.80. The lowest BCUT2D eigenvalue weighted by molar-refractivity contribution is -0.122. The maximum absolute atomic E-state index is 13.2. The van der Waals surface area contributed by atoms with Crippen LogP contribution in [0.2, 0.25) is 0 Å². The van der Waals surface area contributed by atoms with Crippen molar-refractivity contribution in [2.75, 3.05) is 18.4 Å². The van der Waals surface area contributed by atoms with Gasteiger partial charge in [-0.1, -0.05) is 19.1 Å². The summed E-state index contributed by atoms with van der Waals surface area (Å²) in [6.45, 7) is 6.15. The molecule has 0 radical (unpaired) electrons. The summed E-state index contributed by atoms with van der Waals surface area (Å²) in [5.74, 6) is 0.000256. The fourth-order valence-electron chi connectivity index (χ4n) is 5.58. The predicted molar refractivity (Wildman–Crippen MR) is 118 cm³/mol. The number of aryl methyl sites for hydroxylation is 1. The molecule has 1 aromatic heterocycles. The molecular weight excluding hydrogens is 377 g/mol. The van der Waals surface area contributed by atoms with Gasteiger partial charge in [-0.25, -0.2) is 4.39 Å². The van der Waals surface area contributed by atoms with Crippen molar-refractivity contribution in [1.29, 1.82) is 0 Å². The Bertz CT molecular complexity index is 1090. The molecule has 0 saturated carbocycles. The van der Waals surface area contributed by atoms with E-state index < -0.39 is 0 Å². The number of aromatic nitrogens is 1. The number of amides is 1. The number of carbonyl (C=O) groups is 1. The Balaban J connectivity index is 1.47. The Labute approximate surface area is 176 Å². The van der Waals surface area contributed by atoms with Crippen molar-refractivity contribution in [2.24, 2.45) is 5.92 Å². The molecule has 1 aliphatic carbocycles. The van der Waals surface area contributed by atoms with Crippen molar-refractivity contribution >= 4 is 22.5 Å². The van der Waals surface area contributed by atoms with Crippen LogP contribution in [0.1, 0.15) is 42.5 Å². The minimum atomic E-state index is -0.296. The molecule has 2 aliphatic rings. The first-order valence-corrected chi connectivity index (χ1v) is 11.0. The summed E-state index contributed by atoms with van der Waals surface area (Å²) in [6.07, 6.45) is 2.96. The normalized spacial score (nSPS) is 23.4. The standard InChI is InChI=1S/C25H28FN3O/c1-3-11-29-14-16(25(30)28-18-9-7-17(26)8-10-18)12-21-19-5-4-6-22-24(19)20(13-23(21)29)15(2)27-22/h4-10,16,21,23,27H,3,11-14H2,1-2H3,(H,28,30)/t16-,21-,23-/m1/s1. The summed E-state index contributed by atoms with van der Waals surface area (Å²) in [5, 5.41) is 4.37. The number of anilines is 1. The summed E-state index contributed by atoms with van der Waals surface area (Å²) in [5.41, 5.74) is 5.95. The Kier molecular flexibility index (Phi) is 4.86. The van der Waals surface area contributed by atoms with Crippen LogP contribution in [0.25, 0.3) is 10.9 Å². The second kappa shape index (κ2) is 7.55. The fourth-order valence-corrected chi connectivity index (χ4v) is 5.58. The van der Waals surface area contributed by atoms with Gasteiger partial charge in [-0.2, -0.15) is 0 Å². The molecule has 2 heterocycles. The van der Waals surface area contributed by atoms with Gasteiger partial charge in [0.15, 0.2) is 0 Å². The zero-order valence-corrected chi connectivity index (χ0v) is 17.5. The summed E-state index contributed by atoms with van der Waals surface area (Å²) in [4.78, 5) is 19.2. The molecule has 4 nitrogen and oxygen atoms in total. The lowest BCUT2D eigenvalue weighted by atomic mass is 9.71. The average Bonchev–Trinajstić information content (AvgIpc) is 3.07. The minimum Gasteiger partial charge on any atom is -0.358 e. The van der Waals surface area contributed by atoms with Crippen LogP contribution in [0.3, 0.4) is 0 Å². The molecule has 2 aromatic carbocycles. The number of nitrogens with one attached hydrogen (secondary N) is 2. The topological polar surface area (TPSA) is 48.1 Å². The van der Waals surface area contributed by atoms with Gasteiger partial charge in [0, 0.05) is 40.8 Å². The minimum absolute atomic E-state index is 0.0318. The molecule has 1 amide bonds. The predicted octanol–water partition coefficient (Wildman–Crippen LogP) is 4.99. The van der Waals surface area contributed by atoms with Crippen LogP contribution < -0.4 is 5.32 Å². The zero-order valence-electron chi connectivity index (χ0n) is 17.5. The number of fused-ring (bicyclic) bond motifs is 2. The molecule has 2 N–H and O–H groups in total. The molecular formula is C25H28FN3O. The van der Waals surface area contributed by atoms with Crippen molar-refractivity contribution in [3.63, 3.8) is 0 Å². The number of likely N-dealkylation sites (tertiary alicyclic amines) is 1. The summed E-state index contributed by atoms with van der Waals surface area (Å²) in [6, 6.07) is 13.0. The van der Waals surface area contributed by atoms with Crippen LogP contribution in [0.4, 0.5) is 10.1 Å². The van der Waals surface area contributed by atoms with Crippen molar-refractivity contribution < 1.29 is 9.18 Å². The van der Waals surface area contributed by atoms with Crippen LogP contribution in [-0.2, 0) is 11.2 Å². The van der Waals surface area contributed by atoms with Gasteiger partial charge in [-0.15, -0.1) is 0 Å². The number of rotatable bonds is 4. The molecule has 1 aliphatic heterocycles. The van der Waals surface area contributed by atoms with Gasteiger partial charge in [0.05, 0.1) is 5.92 Å². The third-order valence-corrected chi connectivity index (χ3v) is 6.91. The van der Waals surface area contributed by atoms with Crippen LogP contribution in [0, 0.1) is 18.7 Å². The summed E-state index contributed by atoms with van der Waals surface area (Å²) < 4.78 is 13.2. The van der Waals surface area contributed by atoms with Crippen molar-refractivity contribution in [2.45, 2.75) is 45.1 Å². The quantitative estimate of drug-likeness (QED) is 0.642.